The van der Waals surface area contributed by atoms with Crippen LogP contribution in [0.3, 0.4) is 0 Å². The molecule has 0 aliphatic carbocycles. The number of halogens is 1. The zero-order valence-electron chi connectivity index (χ0n) is 12.6. The van der Waals surface area contributed by atoms with Crippen LogP contribution in [-0.2, 0) is 6.42 Å². The monoisotopic (exact) mass is 397 g/mol. The van der Waals surface area contributed by atoms with E-state index in [4.69, 9.17) is 9.72 Å². The van der Waals surface area contributed by atoms with Crippen molar-refractivity contribution >= 4 is 28.4 Å². The molecule has 1 N–H and O–H groups in total. The SMILES string of the molecule is CCCc1nc(-c2ccccc2OC)nc(NCC)c1I. The summed E-state index contributed by atoms with van der Waals surface area (Å²) in [4.78, 5) is 9.42. The molecule has 0 radical (unpaired) electrons. The van der Waals surface area contributed by atoms with Crippen LogP contribution in [0.1, 0.15) is 26.0 Å². The zero-order valence-corrected chi connectivity index (χ0v) is 14.8. The van der Waals surface area contributed by atoms with Crippen LogP contribution in [0.25, 0.3) is 11.4 Å². The molecule has 0 aliphatic rings. The summed E-state index contributed by atoms with van der Waals surface area (Å²) in [6.45, 7) is 5.07. The Morgan fingerprint density at radius 1 is 1.19 bits per heavy atom. The summed E-state index contributed by atoms with van der Waals surface area (Å²) in [7, 11) is 1.67. The van der Waals surface area contributed by atoms with Gasteiger partial charge in [-0.1, -0.05) is 25.5 Å². The average molecular weight is 397 g/mol. The van der Waals surface area contributed by atoms with Crippen LogP contribution >= 0.6 is 22.6 Å². The molecule has 0 atom stereocenters. The number of rotatable bonds is 6. The smallest absolute Gasteiger partial charge is 0.165 e. The first kappa shape index (κ1) is 16.0. The van der Waals surface area contributed by atoms with Gasteiger partial charge in [-0.2, -0.15) is 0 Å². The molecule has 1 aromatic heterocycles. The number of aromatic nitrogens is 2. The number of hydrogen-bond acceptors (Lipinski definition) is 4. The van der Waals surface area contributed by atoms with Crippen molar-refractivity contribution in [3.8, 4) is 17.1 Å². The van der Waals surface area contributed by atoms with E-state index < -0.39 is 0 Å². The van der Waals surface area contributed by atoms with E-state index in [-0.39, 0.29) is 0 Å². The Hall–Kier alpha value is -1.37. The van der Waals surface area contributed by atoms with E-state index in [9.17, 15) is 0 Å². The van der Waals surface area contributed by atoms with E-state index in [1.54, 1.807) is 7.11 Å². The third-order valence-electron chi connectivity index (χ3n) is 3.10. The van der Waals surface area contributed by atoms with Gasteiger partial charge in [0.05, 0.1) is 21.9 Å². The number of hydrogen-bond donors (Lipinski definition) is 1. The van der Waals surface area contributed by atoms with Crippen molar-refractivity contribution in [1.82, 2.24) is 9.97 Å². The third-order valence-corrected chi connectivity index (χ3v) is 4.23. The summed E-state index contributed by atoms with van der Waals surface area (Å²) in [5, 5.41) is 3.32. The van der Waals surface area contributed by atoms with Gasteiger partial charge in [0, 0.05) is 6.54 Å². The molecule has 1 heterocycles. The predicted octanol–water partition coefficient (Wildman–Crippen LogP) is 4.14. The van der Waals surface area contributed by atoms with Gasteiger partial charge in [0.25, 0.3) is 0 Å². The summed E-state index contributed by atoms with van der Waals surface area (Å²) in [6, 6.07) is 7.86. The maximum atomic E-state index is 5.43. The van der Waals surface area contributed by atoms with Crippen molar-refractivity contribution in [1.29, 1.82) is 0 Å². The van der Waals surface area contributed by atoms with E-state index in [1.807, 2.05) is 24.3 Å². The minimum absolute atomic E-state index is 0.715. The molecule has 5 heteroatoms. The number of anilines is 1. The first-order valence-corrected chi connectivity index (χ1v) is 8.22. The summed E-state index contributed by atoms with van der Waals surface area (Å²) in [6.07, 6.45) is 2.01. The van der Waals surface area contributed by atoms with Gasteiger partial charge in [0.2, 0.25) is 0 Å². The highest BCUT2D eigenvalue weighted by Gasteiger charge is 2.15. The second kappa shape index (κ2) is 7.59. The summed E-state index contributed by atoms with van der Waals surface area (Å²) in [5.74, 6) is 2.41. The summed E-state index contributed by atoms with van der Waals surface area (Å²) < 4.78 is 6.53. The van der Waals surface area contributed by atoms with Gasteiger partial charge >= 0.3 is 0 Å². The number of benzene rings is 1. The molecule has 4 nitrogen and oxygen atoms in total. The molecule has 21 heavy (non-hydrogen) atoms. The van der Waals surface area contributed by atoms with Crippen LogP contribution in [0.2, 0.25) is 0 Å². The van der Waals surface area contributed by atoms with Crippen molar-refractivity contribution in [2.75, 3.05) is 19.0 Å². The maximum absolute atomic E-state index is 5.43. The van der Waals surface area contributed by atoms with Crippen molar-refractivity contribution in [2.24, 2.45) is 0 Å². The fourth-order valence-corrected chi connectivity index (χ4v) is 2.83. The Bertz CT molecular complexity index is 589. The first-order valence-electron chi connectivity index (χ1n) is 7.14. The molecule has 0 bridgehead atoms. The molecule has 0 aliphatic heterocycles. The molecule has 112 valence electrons. The molecule has 2 aromatic rings. The lowest BCUT2D eigenvalue weighted by Crippen LogP contribution is -2.08. The average Bonchev–Trinajstić information content (AvgIpc) is 2.51. The van der Waals surface area contributed by atoms with E-state index in [0.29, 0.717) is 5.82 Å². The lowest BCUT2D eigenvalue weighted by molar-refractivity contribution is 0.416. The second-order valence-electron chi connectivity index (χ2n) is 4.64. The largest absolute Gasteiger partial charge is 0.496 e. The predicted molar refractivity (Wildman–Crippen MR) is 94.9 cm³/mol. The van der Waals surface area contributed by atoms with Gasteiger partial charge in [0.15, 0.2) is 5.82 Å². The van der Waals surface area contributed by atoms with Crippen molar-refractivity contribution in [3.63, 3.8) is 0 Å². The van der Waals surface area contributed by atoms with Crippen molar-refractivity contribution < 1.29 is 4.74 Å². The van der Waals surface area contributed by atoms with Gasteiger partial charge in [-0.25, -0.2) is 9.97 Å². The number of nitrogens with zero attached hydrogens (tertiary/aromatic N) is 2. The Balaban J connectivity index is 2.57. The Morgan fingerprint density at radius 3 is 2.62 bits per heavy atom. The van der Waals surface area contributed by atoms with E-state index in [2.05, 4.69) is 46.7 Å². The van der Waals surface area contributed by atoms with E-state index in [0.717, 1.165) is 45.8 Å². The number of para-hydroxylation sites is 1. The molecular weight excluding hydrogens is 377 g/mol. The fourth-order valence-electron chi connectivity index (χ4n) is 2.13. The van der Waals surface area contributed by atoms with E-state index in [1.165, 1.54) is 0 Å². The number of methoxy groups -OCH3 is 1. The standard InChI is InChI=1S/C16H20IN3O/c1-4-8-12-14(17)16(18-5-2)20-15(19-12)11-9-6-7-10-13(11)21-3/h6-7,9-10H,4-5,8H2,1-3H3,(H,18,19,20). The van der Waals surface area contributed by atoms with Gasteiger partial charge < -0.3 is 10.1 Å². The fraction of sp³-hybridized carbons (Fsp3) is 0.375. The Kier molecular flexibility index (Phi) is 5.78. The normalized spacial score (nSPS) is 10.5. The number of ether oxygens (including phenoxy) is 1. The minimum atomic E-state index is 0.715. The van der Waals surface area contributed by atoms with Crippen LogP contribution in [0.4, 0.5) is 5.82 Å². The Morgan fingerprint density at radius 2 is 1.95 bits per heavy atom. The van der Waals surface area contributed by atoms with Crippen LogP contribution in [-0.4, -0.2) is 23.6 Å². The molecule has 0 saturated carbocycles. The molecule has 0 saturated heterocycles. The minimum Gasteiger partial charge on any atom is -0.496 e. The lowest BCUT2D eigenvalue weighted by atomic mass is 10.1. The zero-order chi connectivity index (χ0) is 15.2. The summed E-state index contributed by atoms with van der Waals surface area (Å²) >= 11 is 2.32. The molecule has 0 amide bonds. The molecular formula is C16H20IN3O. The second-order valence-corrected chi connectivity index (χ2v) is 5.72. The van der Waals surface area contributed by atoms with Gasteiger partial charge in [-0.05, 0) is 48.1 Å². The highest BCUT2D eigenvalue weighted by Crippen LogP contribution is 2.30. The summed E-state index contributed by atoms with van der Waals surface area (Å²) in [5.41, 5.74) is 2.01. The van der Waals surface area contributed by atoms with Crippen LogP contribution in [0, 0.1) is 3.57 Å². The third kappa shape index (κ3) is 3.64. The van der Waals surface area contributed by atoms with Crippen LogP contribution < -0.4 is 10.1 Å². The van der Waals surface area contributed by atoms with Crippen molar-refractivity contribution in [3.05, 3.63) is 33.5 Å². The van der Waals surface area contributed by atoms with Crippen LogP contribution in [0.5, 0.6) is 5.75 Å². The molecule has 0 fully saturated rings. The topological polar surface area (TPSA) is 47.0 Å². The maximum Gasteiger partial charge on any atom is 0.165 e. The van der Waals surface area contributed by atoms with E-state index >= 15 is 0 Å². The van der Waals surface area contributed by atoms with Gasteiger partial charge in [0.1, 0.15) is 11.6 Å². The molecule has 2 rings (SSSR count). The highest BCUT2D eigenvalue weighted by atomic mass is 127. The molecule has 1 aromatic carbocycles. The van der Waals surface area contributed by atoms with Crippen molar-refractivity contribution in [2.45, 2.75) is 26.7 Å². The quantitative estimate of drug-likeness (QED) is 0.745. The molecule has 0 unspecified atom stereocenters. The van der Waals surface area contributed by atoms with Gasteiger partial charge in [-0.3, -0.25) is 0 Å². The molecule has 0 spiro atoms. The Labute approximate surface area is 139 Å². The number of nitrogens with one attached hydrogen (secondary N) is 1. The highest BCUT2D eigenvalue weighted by molar-refractivity contribution is 14.1. The lowest BCUT2D eigenvalue weighted by Gasteiger charge is -2.13. The van der Waals surface area contributed by atoms with Crippen LogP contribution in [0.15, 0.2) is 24.3 Å². The van der Waals surface area contributed by atoms with Gasteiger partial charge in [-0.15, -0.1) is 0 Å². The number of aryl methyl sites for hydroxylation is 1. The first-order chi connectivity index (χ1) is 10.2.